The van der Waals surface area contributed by atoms with Crippen molar-refractivity contribution in [1.29, 1.82) is 0 Å². The van der Waals surface area contributed by atoms with Crippen molar-refractivity contribution >= 4 is 33.3 Å². The van der Waals surface area contributed by atoms with Gasteiger partial charge in [-0.1, -0.05) is 37.5 Å². The van der Waals surface area contributed by atoms with Crippen LogP contribution in [-0.2, 0) is 0 Å². The summed E-state index contributed by atoms with van der Waals surface area (Å²) < 4.78 is 17.6. The summed E-state index contributed by atoms with van der Waals surface area (Å²) in [4.78, 5) is 33.2. The summed E-state index contributed by atoms with van der Waals surface area (Å²) >= 11 is 1.33. The number of nitrogens with zero attached hydrogens (tertiary/aromatic N) is 2. The summed E-state index contributed by atoms with van der Waals surface area (Å²) in [5.74, 6) is 0.822. The van der Waals surface area contributed by atoms with Crippen molar-refractivity contribution in [1.82, 2.24) is 4.98 Å². The number of fused-ring (bicyclic) bond motifs is 2. The number of hydrogen-bond acceptors (Lipinski definition) is 7. The van der Waals surface area contributed by atoms with E-state index in [2.05, 4.69) is 11.9 Å². The number of rotatable bonds is 8. The standard InChI is InChI=1S/C27H26N2O5S/c1-4-5-6-12-33-20-10-8-17(15-21(20)32-3)23-22-24(30)18-14-16(2)7-9-19(18)34-25(22)26(31)29(23)27-28-11-13-35-27/h7-11,13-15,23H,4-6,12H2,1-3H3. The second-order valence-corrected chi connectivity index (χ2v) is 9.40. The van der Waals surface area contributed by atoms with E-state index in [1.165, 1.54) is 16.2 Å². The van der Waals surface area contributed by atoms with Gasteiger partial charge in [-0.3, -0.25) is 14.5 Å². The molecule has 1 amide bonds. The minimum Gasteiger partial charge on any atom is -0.493 e. The molecule has 35 heavy (non-hydrogen) atoms. The Labute approximate surface area is 206 Å². The SMILES string of the molecule is CCCCCOc1ccc(C2c3c(oc4ccc(C)cc4c3=O)C(=O)N2c2nccs2)cc1OC. The minimum absolute atomic E-state index is 0.0467. The van der Waals surface area contributed by atoms with Gasteiger partial charge in [-0.05, 0) is 43.2 Å². The van der Waals surface area contributed by atoms with Gasteiger partial charge in [-0.15, -0.1) is 11.3 Å². The van der Waals surface area contributed by atoms with E-state index in [1.807, 2.05) is 31.2 Å². The number of aryl methyl sites for hydroxylation is 1. The van der Waals surface area contributed by atoms with Gasteiger partial charge in [-0.25, -0.2) is 4.98 Å². The van der Waals surface area contributed by atoms with Crippen LogP contribution in [0.15, 0.2) is 57.2 Å². The third-order valence-corrected chi connectivity index (χ3v) is 6.93. The zero-order valence-corrected chi connectivity index (χ0v) is 20.7. The van der Waals surface area contributed by atoms with E-state index in [4.69, 9.17) is 13.9 Å². The number of unbranched alkanes of at least 4 members (excludes halogenated alkanes) is 2. The normalized spacial score (nSPS) is 15.0. The van der Waals surface area contributed by atoms with Gasteiger partial charge in [-0.2, -0.15) is 0 Å². The lowest BCUT2D eigenvalue weighted by Gasteiger charge is -2.23. The molecular weight excluding hydrogens is 464 g/mol. The Morgan fingerprint density at radius 3 is 2.71 bits per heavy atom. The zero-order chi connectivity index (χ0) is 24.5. The van der Waals surface area contributed by atoms with Crippen molar-refractivity contribution < 1.29 is 18.7 Å². The summed E-state index contributed by atoms with van der Waals surface area (Å²) in [5.41, 5.74) is 2.13. The number of ether oxygens (including phenoxy) is 2. The van der Waals surface area contributed by atoms with Crippen LogP contribution in [0, 0.1) is 6.92 Å². The van der Waals surface area contributed by atoms with Crippen LogP contribution in [0.25, 0.3) is 11.0 Å². The third-order valence-electron chi connectivity index (χ3n) is 6.16. The Hall–Kier alpha value is -3.65. The molecule has 3 heterocycles. The average Bonchev–Trinajstić information content (AvgIpc) is 3.49. The zero-order valence-electron chi connectivity index (χ0n) is 19.9. The summed E-state index contributed by atoms with van der Waals surface area (Å²) in [6.07, 6.45) is 4.79. The molecule has 1 atom stereocenters. The molecule has 8 heteroatoms. The fourth-order valence-corrected chi connectivity index (χ4v) is 5.11. The molecule has 2 aromatic heterocycles. The molecule has 0 radical (unpaired) electrons. The van der Waals surface area contributed by atoms with Crippen molar-refractivity contribution in [2.45, 2.75) is 39.2 Å². The maximum absolute atomic E-state index is 13.7. The molecule has 0 bridgehead atoms. The molecule has 2 aromatic carbocycles. The summed E-state index contributed by atoms with van der Waals surface area (Å²) in [6, 6.07) is 10.2. The Balaban J connectivity index is 1.65. The molecule has 7 nitrogen and oxygen atoms in total. The highest BCUT2D eigenvalue weighted by atomic mass is 32.1. The highest BCUT2D eigenvalue weighted by Crippen LogP contribution is 2.43. The van der Waals surface area contributed by atoms with E-state index in [0.29, 0.717) is 45.3 Å². The lowest BCUT2D eigenvalue weighted by molar-refractivity contribution is 0.0971. The van der Waals surface area contributed by atoms with E-state index in [9.17, 15) is 9.59 Å². The topological polar surface area (TPSA) is 81.9 Å². The second kappa shape index (κ2) is 9.54. The lowest BCUT2D eigenvalue weighted by atomic mass is 9.98. The Bertz CT molecular complexity index is 1440. The van der Waals surface area contributed by atoms with Gasteiger partial charge in [0.15, 0.2) is 22.1 Å². The molecule has 5 rings (SSSR count). The largest absolute Gasteiger partial charge is 0.493 e. The van der Waals surface area contributed by atoms with Crippen LogP contribution in [0.4, 0.5) is 5.13 Å². The van der Waals surface area contributed by atoms with Crippen molar-refractivity contribution in [3.63, 3.8) is 0 Å². The maximum Gasteiger partial charge on any atom is 0.297 e. The van der Waals surface area contributed by atoms with E-state index in [0.717, 1.165) is 24.8 Å². The third kappa shape index (κ3) is 4.08. The predicted octanol–water partition coefficient (Wildman–Crippen LogP) is 5.89. The van der Waals surface area contributed by atoms with Crippen molar-refractivity contribution in [3.05, 3.63) is 80.6 Å². The molecule has 0 saturated carbocycles. The average molecular weight is 491 g/mol. The first-order valence-electron chi connectivity index (χ1n) is 11.6. The van der Waals surface area contributed by atoms with Gasteiger partial charge in [0.25, 0.3) is 5.91 Å². The molecule has 4 aromatic rings. The molecule has 0 saturated heterocycles. The van der Waals surface area contributed by atoms with Crippen LogP contribution in [0.2, 0.25) is 0 Å². The molecule has 0 spiro atoms. The van der Waals surface area contributed by atoms with Crippen LogP contribution in [0.5, 0.6) is 11.5 Å². The number of amides is 1. The predicted molar refractivity (Wildman–Crippen MR) is 136 cm³/mol. The van der Waals surface area contributed by atoms with Crippen LogP contribution in [0.3, 0.4) is 0 Å². The first kappa shape index (κ1) is 23.1. The number of methoxy groups -OCH3 is 1. The maximum atomic E-state index is 13.7. The Morgan fingerprint density at radius 1 is 1.11 bits per heavy atom. The number of benzene rings is 2. The highest BCUT2D eigenvalue weighted by Gasteiger charge is 2.45. The van der Waals surface area contributed by atoms with Crippen LogP contribution in [-0.4, -0.2) is 24.6 Å². The summed E-state index contributed by atoms with van der Waals surface area (Å²) in [7, 11) is 1.58. The van der Waals surface area contributed by atoms with Gasteiger partial charge in [0.05, 0.1) is 30.7 Å². The number of anilines is 1. The number of carbonyl (C=O) groups is 1. The summed E-state index contributed by atoms with van der Waals surface area (Å²) in [5, 5.41) is 2.74. The fourth-order valence-electron chi connectivity index (χ4n) is 4.44. The smallest absolute Gasteiger partial charge is 0.297 e. The number of thiazole rings is 1. The van der Waals surface area contributed by atoms with Gasteiger partial charge in [0.1, 0.15) is 5.58 Å². The lowest BCUT2D eigenvalue weighted by Crippen LogP contribution is -2.29. The molecule has 1 aliphatic rings. The van der Waals surface area contributed by atoms with E-state index in [1.54, 1.807) is 30.8 Å². The van der Waals surface area contributed by atoms with Gasteiger partial charge >= 0.3 is 0 Å². The first-order valence-corrected chi connectivity index (χ1v) is 12.5. The molecule has 0 fully saturated rings. The van der Waals surface area contributed by atoms with E-state index >= 15 is 0 Å². The van der Waals surface area contributed by atoms with Gasteiger partial charge in [0, 0.05) is 11.6 Å². The van der Waals surface area contributed by atoms with Crippen LogP contribution >= 0.6 is 11.3 Å². The number of hydrogen-bond donors (Lipinski definition) is 0. The second-order valence-electron chi connectivity index (χ2n) is 8.53. The number of aromatic nitrogens is 1. The quantitative estimate of drug-likeness (QED) is 0.287. The minimum atomic E-state index is -0.701. The fraction of sp³-hybridized carbons (Fsp3) is 0.296. The van der Waals surface area contributed by atoms with Crippen LogP contribution < -0.4 is 19.8 Å². The molecular formula is C27H26N2O5S. The van der Waals surface area contributed by atoms with E-state index in [-0.39, 0.29) is 11.2 Å². The highest BCUT2D eigenvalue weighted by molar-refractivity contribution is 7.13. The molecule has 1 aliphatic heterocycles. The van der Waals surface area contributed by atoms with Gasteiger partial charge < -0.3 is 13.9 Å². The Morgan fingerprint density at radius 2 is 1.97 bits per heavy atom. The molecule has 180 valence electrons. The molecule has 1 unspecified atom stereocenters. The van der Waals surface area contributed by atoms with Crippen molar-refractivity contribution in [3.8, 4) is 11.5 Å². The monoisotopic (exact) mass is 490 g/mol. The summed E-state index contributed by atoms with van der Waals surface area (Å²) in [6.45, 7) is 4.65. The first-order chi connectivity index (χ1) is 17.0. The number of carbonyl (C=O) groups excluding carboxylic acids is 1. The molecule has 0 N–H and O–H groups in total. The van der Waals surface area contributed by atoms with Crippen molar-refractivity contribution in [2.24, 2.45) is 0 Å². The Kier molecular flexibility index (Phi) is 6.30. The van der Waals surface area contributed by atoms with Crippen LogP contribution in [0.1, 0.15) is 59.5 Å². The van der Waals surface area contributed by atoms with Crippen molar-refractivity contribution in [2.75, 3.05) is 18.6 Å². The molecule has 0 aliphatic carbocycles. The van der Waals surface area contributed by atoms with Gasteiger partial charge in [0.2, 0.25) is 5.76 Å². The van der Waals surface area contributed by atoms with E-state index < -0.39 is 11.9 Å².